The van der Waals surface area contributed by atoms with E-state index in [-0.39, 0.29) is 5.69 Å². The zero-order valence-electron chi connectivity index (χ0n) is 8.57. The van der Waals surface area contributed by atoms with Crippen LogP contribution >= 0.6 is 11.3 Å². The molecule has 0 spiro atoms. The monoisotopic (exact) mass is 214 g/mol. The summed E-state index contributed by atoms with van der Waals surface area (Å²) in [5.74, 6) is -0.933. The second-order valence-electron chi connectivity index (χ2n) is 3.28. The van der Waals surface area contributed by atoms with Crippen LogP contribution in [0.15, 0.2) is 0 Å². The lowest BCUT2D eigenvalue weighted by Gasteiger charge is -2.06. The molecule has 1 aromatic heterocycles. The van der Waals surface area contributed by atoms with E-state index in [2.05, 4.69) is 4.98 Å². The highest BCUT2D eigenvalue weighted by molar-refractivity contribution is 7.11. The number of aromatic carboxylic acids is 1. The maximum absolute atomic E-state index is 10.9. The molecule has 1 aromatic rings. The Morgan fingerprint density at radius 2 is 2.21 bits per heavy atom. The minimum atomic E-state index is -0.933. The maximum atomic E-state index is 10.9. The predicted molar refractivity (Wildman–Crippen MR) is 55.8 cm³/mol. The average molecular weight is 214 g/mol. The van der Waals surface area contributed by atoms with Gasteiger partial charge in [0, 0.05) is 6.54 Å². The van der Waals surface area contributed by atoms with Gasteiger partial charge in [-0.05, 0) is 20.5 Å². The predicted octanol–water partition coefficient (Wildman–Crippen LogP) is 1.47. The van der Waals surface area contributed by atoms with Crippen LogP contribution in [-0.4, -0.2) is 35.1 Å². The summed E-state index contributed by atoms with van der Waals surface area (Å²) >= 11 is 1.48. The van der Waals surface area contributed by atoms with Gasteiger partial charge in [0.15, 0.2) is 5.69 Å². The zero-order valence-corrected chi connectivity index (χ0v) is 9.39. The third-order valence-electron chi connectivity index (χ3n) is 1.71. The summed E-state index contributed by atoms with van der Waals surface area (Å²) in [7, 11) is 3.83. The maximum Gasteiger partial charge on any atom is 0.355 e. The number of carboxylic acids is 1. The Balaban J connectivity index is 2.99. The summed E-state index contributed by atoms with van der Waals surface area (Å²) in [5.41, 5.74) is 0.209. The Bertz CT molecular complexity index is 334. The van der Waals surface area contributed by atoms with Gasteiger partial charge < -0.3 is 10.0 Å². The topological polar surface area (TPSA) is 53.4 Å². The highest BCUT2D eigenvalue weighted by atomic mass is 32.1. The van der Waals surface area contributed by atoms with Crippen LogP contribution in [0, 0.1) is 0 Å². The van der Waals surface area contributed by atoms with E-state index in [0.717, 1.165) is 16.3 Å². The van der Waals surface area contributed by atoms with Gasteiger partial charge in [0.1, 0.15) is 0 Å². The molecule has 0 aromatic carbocycles. The van der Waals surface area contributed by atoms with E-state index in [9.17, 15) is 4.79 Å². The first-order valence-electron chi connectivity index (χ1n) is 4.41. The normalized spacial score (nSPS) is 10.9. The number of hydrogen-bond donors (Lipinski definition) is 1. The van der Waals surface area contributed by atoms with Crippen molar-refractivity contribution in [1.29, 1.82) is 0 Å². The van der Waals surface area contributed by atoms with E-state index in [1.54, 1.807) is 0 Å². The van der Waals surface area contributed by atoms with E-state index in [1.807, 2.05) is 25.9 Å². The lowest BCUT2D eigenvalue weighted by molar-refractivity contribution is 0.0689. The molecule has 0 aliphatic rings. The molecule has 1 heterocycles. The summed E-state index contributed by atoms with van der Waals surface area (Å²) in [6.45, 7) is 2.61. The molecule has 0 aliphatic heterocycles. The molecule has 0 radical (unpaired) electrons. The van der Waals surface area contributed by atoms with Gasteiger partial charge in [-0.15, -0.1) is 11.3 Å². The van der Waals surface area contributed by atoms with Crippen LogP contribution in [0.25, 0.3) is 0 Å². The van der Waals surface area contributed by atoms with Crippen LogP contribution < -0.4 is 0 Å². The van der Waals surface area contributed by atoms with Crippen molar-refractivity contribution in [2.45, 2.75) is 19.9 Å². The summed E-state index contributed by atoms with van der Waals surface area (Å²) in [6.07, 6.45) is 0.790. The first-order chi connectivity index (χ1) is 6.54. The molecule has 0 atom stereocenters. The van der Waals surface area contributed by atoms with Crippen molar-refractivity contribution in [1.82, 2.24) is 9.88 Å². The molecule has 0 bridgehead atoms. The van der Waals surface area contributed by atoms with Gasteiger partial charge in [-0.2, -0.15) is 0 Å². The molecule has 0 unspecified atom stereocenters. The molecule has 0 aliphatic carbocycles. The molecule has 0 saturated heterocycles. The van der Waals surface area contributed by atoms with Gasteiger partial charge in [-0.25, -0.2) is 9.78 Å². The van der Waals surface area contributed by atoms with Gasteiger partial charge >= 0.3 is 5.97 Å². The molecule has 0 saturated carbocycles. The van der Waals surface area contributed by atoms with Crippen LogP contribution in [0.1, 0.15) is 27.3 Å². The van der Waals surface area contributed by atoms with E-state index >= 15 is 0 Å². The lowest BCUT2D eigenvalue weighted by Crippen LogP contribution is -2.12. The smallest absolute Gasteiger partial charge is 0.355 e. The molecule has 78 valence electrons. The second-order valence-corrected chi connectivity index (χ2v) is 4.44. The largest absolute Gasteiger partial charge is 0.476 e. The third kappa shape index (κ3) is 2.52. The zero-order chi connectivity index (χ0) is 10.7. The number of rotatable bonds is 4. The molecule has 0 amide bonds. The number of aryl methyl sites for hydroxylation is 1. The summed E-state index contributed by atoms with van der Waals surface area (Å²) in [4.78, 5) is 17.7. The molecule has 1 rings (SSSR count). The lowest BCUT2D eigenvalue weighted by atomic mass is 10.3. The van der Waals surface area contributed by atoms with Crippen LogP contribution in [0.5, 0.6) is 0 Å². The minimum Gasteiger partial charge on any atom is -0.476 e. The molecular formula is C9H14N2O2S. The van der Waals surface area contributed by atoms with Crippen molar-refractivity contribution in [3.05, 3.63) is 15.6 Å². The average Bonchev–Trinajstić information content (AvgIpc) is 2.46. The Morgan fingerprint density at radius 1 is 1.57 bits per heavy atom. The Labute approximate surface area is 87.2 Å². The highest BCUT2D eigenvalue weighted by Crippen LogP contribution is 2.20. The van der Waals surface area contributed by atoms with Gasteiger partial charge in [0.25, 0.3) is 0 Å². The number of thiazole rings is 1. The van der Waals surface area contributed by atoms with Crippen molar-refractivity contribution in [3.8, 4) is 0 Å². The number of carboxylic acid groups (broad SMARTS) is 1. The van der Waals surface area contributed by atoms with Crippen molar-refractivity contribution < 1.29 is 9.90 Å². The minimum absolute atomic E-state index is 0.209. The van der Waals surface area contributed by atoms with E-state index in [0.29, 0.717) is 6.54 Å². The number of nitrogens with zero attached hydrogens (tertiary/aromatic N) is 2. The van der Waals surface area contributed by atoms with Gasteiger partial charge in [0.05, 0.1) is 9.88 Å². The SMILES string of the molecule is CCc1nc(C(=O)O)c(CN(C)C)s1. The summed E-state index contributed by atoms with van der Waals surface area (Å²) in [6, 6.07) is 0. The van der Waals surface area contributed by atoms with Crippen LogP contribution in [0.2, 0.25) is 0 Å². The van der Waals surface area contributed by atoms with Gasteiger partial charge in [-0.3, -0.25) is 0 Å². The quantitative estimate of drug-likeness (QED) is 0.824. The van der Waals surface area contributed by atoms with Crippen molar-refractivity contribution in [3.63, 3.8) is 0 Å². The highest BCUT2D eigenvalue weighted by Gasteiger charge is 2.16. The standard InChI is InChI=1S/C9H14N2O2S/c1-4-7-10-8(9(12)13)6(14-7)5-11(2)3/h4-5H2,1-3H3,(H,12,13). The van der Waals surface area contributed by atoms with E-state index < -0.39 is 5.97 Å². The van der Waals surface area contributed by atoms with Gasteiger partial charge in [0.2, 0.25) is 0 Å². The summed E-state index contributed by atoms with van der Waals surface area (Å²) < 4.78 is 0. The third-order valence-corrected chi connectivity index (χ3v) is 2.89. The van der Waals surface area contributed by atoms with E-state index in [1.165, 1.54) is 11.3 Å². The van der Waals surface area contributed by atoms with Crippen molar-refractivity contribution in [2.75, 3.05) is 14.1 Å². The molecule has 14 heavy (non-hydrogen) atoms. The molecule has 1 N–H and O–H groups in total. The number of carbonyl (C=O) groups is 1. The molecule has 4 nitrogen and oxygen atoms in total. The Morgan fingerprint density at radius 3 is 2.64 bits per heavy atom. The van der Waals surface area contributed by atoms with Crippen LogP contribution in [0.3, 0.4) is 0 Å². The van der Waals surface area contributed by atoms with Gasteiger partial charge in [-0.1, -0.05) is 6.92 Å². The molecular weight excluding hydrogens is 200 g/mol. The van der Waals surface area contributed by atoms with Crippen LogP contribution in [0.4, 0.5) is 0 Å². The number of hydrogen-bond acceptors (Lipinski definition) is 4. The van der Waals surface area contributed by atoms with E-state index in [4.69, 9.17) is 5.11 Å². The van der Waals surface area contributed by atoms with Crippen molar-refractivity contribution in [2.24, 2.45) is 0 Å². The summed E-state index contributed by atoms with van der Waals surface area (Å²) in [5, 5.41) is 9.80. The molecule has 5 heteroatoms. The first-order valence-corrected chi connectivity index (χ1v) is 5.22. The first kappa shape index (κ1) is 11.1. The van der Waals surface area contributed by atoms with Crippen LogP contribution in [-0.2, 0) is 13.0 Å². The Hall–Kier alpha value is -0.940. The second kappa shape index (κ2) is 4.52. The fourth-order valence-corrected chi connectivity index (χ4v) is 2.23. The fourth-order valence-electron chi connectivity index (χ4n) is 1.11. The fraction of sp³-hybridized carbons (Fsp3) is 0.556. The number of aromatic nitrogens is 1. The Kier molecular flexibility index (Phi) is 3.60. The van der Waals surface area contributed by atoms with Crippen molar-refractivity contribution >= 4 is 17.3 Å². The molecule has 0 fully saturated rings.